The molecule has 1 aliphatic rings. The number of nitriles is 1. The van der Waals surface area contributed by atoms with Gasteiger partial charge in [0.1, 0.15) is 17.4 Å². The van der Waals surface area contributed by atoms with Crippen LogP contribution in [0.2, 0.25) is 0 Å². The van der Waals surface area contributed by atoms with Gasteiger partial charge in [0.05, 0.1) is 11.2 Å². The van der Waals surface area contributed by atoms with Crippen molar-refractivity contribution in [3.63, 3.8) is 0 Å². The minimum Gasteiger partial charge on any atom is -0.312 e. The molecule has 0 radical (unpaired) electrons. The molecule has 1 aliphatic heterocycles. The Labute approximate surface area is 103 Å². The molecule has 0 amide bonds. The monoisotopic (exact) mass is 242 g/mol. The van der Waals surface area contributed by atoms with Crippen LogP contribution in [0.1, 0.15) is 17.7 Å². The highest BCUT2D eigenvalue weighted by atomic mass is 19.1. The largest absolute Gasteiger partial charge is 0.312 e. The molecule has 0 unspecified atom stereocenters. The van der Waals surface area contributed by atoms with Crippen LogP contribution in [0.4, 0.5) is 4.39 Å². The molecule has 0 spiro atoms. The number of nitrogens with one attached hydrogen (secondary N) is 2. The number of halogens is 1. The summed E-state index contributed by atoms with van der Waals surface area (Å²) < 4.78 is 13.5. The zero-order chi connectivity index (χ0) is 12.5. The Balaban J connectivity index is 2.22. The van der Waals surface area contributed by atoms with E-state index in [2.05, 4.69) is 21.6 Å². The molecule has 3 rings (SSSR count). The topological polar surface area (TPSA) is 64.5 Å². The number of H-pyrrole nitrogens is 1. The Bertz CT molecular complexity index is 678. The molecule has 0 fully saturated rings. The molecule has 2 N–H and O–H groups in total. The average Bonchev–Trinajstić information content (AvgIpc) is 2.83. The van der Waals surface area contributed by atoms with Gasteiger partial charge in [0, 0.05) is 11.9 Å². The fourth-order valence-electron chi connectivity index (χ4n) is 2.24. The molecule has 4 nitrogen and oxygen atoms in total. The van der Waals surface area contributed by atoms with E-state index in [0.29, 0.717) is 5.52 Å². The van der Waals surface area contributed by atoms with Crippen molar-refractivity contribution in [3.05, 3.63) is 35.3 Å². The first kappa shape index (κ1) is 10.9. The van der Waals surface area contributed by atoms with Gasteiger partial charge in [0.25, 0.3) is 0 Å². The Kier molecular flexibility index (Phi) is 2.58. The SMILES string of the molecule is N#Cc1c(F)ccc2c(C3=CCCNC3)n[nH]c12. The maximum absolute atomic E-state index is 13.5. The first-order valence-corrected chi connectivity index (χ1v) is 5.78. The molecule has 0 bridgehead atoms. The molecule has 18 heavy (non-hydrogen) atoms. The molecule has 2 aromatic rings. The third-order valence-electron chi connectivity index (χ3n) is 3.13. The smallest absolute Gasteiger partial charge is 0.143 e. The molecule has 90 valence electrons. The van der Waals surface area contributed by atoms with Crippen molar-refractivity contribution in [1.29, 1.82) is 5.26 Å². The summed E-state index contributed by atoms with van der Waals surface area (Å²) in [5.41, 5.74) is 2.38. The highest BCUT2D eigenvalue weighted by Gasteiger charge is 2.16. The first-order chi connectivity index (χ1) is 8.81. The quantitative estimate of drug-likeness (QED) is 0.803. The van der Waals surface area contributed by atoms with E-state index < -0.39 is 5.82 Å². The van der Waals surface area contributed by atoms with Gasteiger partial charge in [-0.05, 0) is 30.7 Å². The molecule has 1 aromatic heterocycles. The normalized spacial score (nSPS) is 15.4. The van der Waals surface area contributed by atoms with Gasteiger partial charge in [-0.25, -0.2) is 4.39 Å². The molecule has 0 atom stereocenters. The van der Waals surface area contributed by atoms with E-state index in [1.807, 2.05) is 6.07 Å². The third-order valence-corrected chi connectivity index (χ3v) is 3.13. The lowest BCUT2D eigenvalue weighted by atomic mass is 10.0. The van der Waals surface area contributed by atoms with Crippen LogP contribution in [0, 0.1) is 17.1 Å². The molecule has 0 saturated heterocycles. The van der Waals surface area contributed by atoms with Crippen LogP contribution >= 0.6 is 0 Å². The number of hydrogen-bond acceptors (Lipinski definition) is 3. The fourth-order valence-corrected chi connectivity index (χ4v) is 2.24. The summed E-state index contributed by atoms with van der Waals surface area (Å²) in [5, 5.41) is 20.0. The van der Waals surface area contributed by atoms with Crippen molar-refractivity contribution in [2.24, 2.45) is 0 Å². The van der Waals surface area contributed by atoms with E-state index in [1.54, 1.807) is 6.07 Å². The van der Waals surface area contributed by atoms with Crippen LogP contribution in [-0.2, 0) is 0 Å². The first-order valence-electron chi connectivity index (χ1n) is 5.78. The lowest BCUT2D eigenvalue weighted by Gasteiger charge is -2.12. The minimum absolute atomic E-state index is 0.0237. The summed E-state index contributed by atoms with van der Waals surface area (Å²) in [5.74, 6) is -0.518. The zero-order valence-corrected chi connectivity index (χ0v) is 9.63. The molecule has 0 aliphatic carbocycles. The summed E-state index contributed by atoms with van der Waals surface area (Å²) in [6, 6.07) is 4.86. The van der Waals surface area contributed by atoms with E-state index in [4.69, 9.17) is 5.26 Å². The maximum Gasteiger partial charge on any atom is 0.143 e. The van der Waals surface area contributed by atoms with E-state index in [9.17, 15) is 4.39 Å². The number of aromatic amines is 1. The number of nitrogens with zero attached hydrogens (tertiary/aromatic N) is 2. The number of hydrogen-bond donors (Lipinski definition) is 2. The highest BCUT2D eigenvalue weighted by Crippen LogP contribution is 2.27. The molecule has 1 aromatic carbocycles. The van der Waals surface area contributed by atoms with Crippen LogP contribution in [-0.4, -0.2) is 23.3 Å². The van der Waals surface area contributed by atoms with E-state index in [1.165, 1.54) is 6.07 Å². The summed E-state index contributed by atoms with van der Waals surface area (Å²) in [6.07, 6.45) is 3.08. The summed E-state index contributed by atoms with van der Waals surface area (Å²) in [6.45, 7) is 1.71. The van der Waals surface area contributed by atoms with Crippen molar-refractivity contribution in [3.8, 4) is 6.07 Å². The van der Waals surface area contributed by atoms with E-state index in [0.717, 1.165) is 36.2 Å². The molecule has 0 saturated carbocycles. The molecule has 5 heteroatoms. The second-order valence-electron chi connectivity index (χ2n) is 4.22. The zero-order valence-electron chi connectivity index (χ0n) is 9.63. The Morgan fingerprint density at radius 2 is 2.28 bits per heavy atom. The van der Waals surface area contributed by atoms with Crippen molar-refractivity contribution < 1.29 is 4.39 Å². The Morgan fingerprint density at radius 1 is 1.39 bits per heavy atom. The molecule has 2 heterocycles. The van der Waals surface area contributed by atoms with Gasteiger partial charge in [0.15, 0.2) is 0 Å². The average molecular weight is 242 g/mol. The van der Waals surface area contributed by atoms with E-state index in [-0.39, 0.29) is 5.56 Å². The third kappa shape index (κ3) is 1.59. The molecular weight excluding hydrogens is 231 g/mol. The van der Waals surface area contributed by atoms with Gasteiger partial charge in [-0.3, -0.25) is 5.10 Å². The highest BCUT2D eigenvalue weighted by molar-refractivity contribution is 5.93. The van der Waals surface area contributed by atoms with Crippen LogP contribution < -0.4 is 5.32 Å². The van der Waals surface area contributed by atoms with Gasteiger partial charge in [-0.2, -0.15) is 10.4 Å². The second kappa shape index (κ2) is 4.24. The standard InChI is InChI=1S/C13H11FN4/c14-11-4-3-9-12(8-2-1-5-16-7-8)17-18-13(9)10(11)6-15/h2-4,16H,1,5,7H2,(H,17,18). The van der Waals surface area contributed by atoms with Crippen LogP contribution in [0.3, 0.4) is 0 Å². The molecular formula is C13H11FN4. The van der Waals surface area contributed by atoms with Crippen molar-refractivity contribution in [2.45, 2.75) is 6.42 Å². The minimum atomic E-state index is -0.518. The summed E-state index contributed by atoms with van der Waals surface area (Å²) in [4.78, 5) is 0. The van der Waals surface area contributed by atoms with Crippen LogP contribution in [0.5, 0.6) is 0 Å². The lowest BCUT2D eigenvalue weighted by molar-refractivity contribution is 0.625. The lowest BCUT2D eigenvalue weighted by Crippen LogP contribution is -2.21. The van der Waals surface area contributed by atoms with Gasteiger partial charge in [-0.1, -0.05) is 6.08 Å². The fraction of sp³-hybridized carbons (Fsp3) is 0.231. The predicted octanol–water partition coefficient (Wildman–Crippen LogP) is 1.95. The van der Waals surface area contributed by atoms with Gasteiger partial charge in [0.2, 0.25) is 0 Å². The van der Waals surface area contributed by atoms with Crippen molar-refractivity contribution in [2.75, 3.05) is 13.1 Å². The van der Waals surface area contributed by atoms with E-state index >= 15 is 0 Å². The van der Waals surface area contributed by atoms with Gasteiger partial charge >= 0.3 is 0 Å². The second-order valence-corrected chi connectivity index (χ2v) is 4.22. The number of rotatable bonds is 1. The van der Waals surface area contributed by atoms with Crippen molar-refractivity contribution in [1.82, 2.24) is 15.5 Å². The van der Waals surface area contributed by atoms with Gasteiger partial charge < -0.3 is 5.32 Å². The van der Waals surface area contributed by atoms with Crippen molar-refractivity contribution >= 4 is 16.5 Å². The van der Waals surface area contributed by atoms with Gasteiger partial charge in [-0.15, -0.1) is 0 Å². The Hall–Kier alpha value is -2.19. The Morgan fingerprint density at radius 3 is 3.00 bits per heavy atom. The van der Waals surface area contributed by atoms with Crippen LogP contribution in [0.25, 0.3) is 16.5 Å². The number of aromatic nitrogens is 2. The predicted molar refractivity (Wildman–Crippen MR) is 66.2 cm³/mol. The van der Waals surface area contributed by atoms with Crippen LogP contribution in [0.15, 0.2) is 18.2 Å². The summed E-state index contributed by atoms with van der Waals surface area (Å²) in [7, 11) is 0. The number of benzene rings is 1. The maximum atomic E-state index is 13.5. The number of fused-ring (bicyclic) bond motifs is 1. The summed E-state index contributed by atoms with van der Waals surface area (Å²) >= 11 is 0.